The van der Waals surface area contributed by atoms with Crippen LogP contribution >= 0.6 is 0 Å². The molecule has 88 valence electrons. The number of benzene rings is 1. The summed E-state index contributed by atoms with van der Waals surface area (Å²) >= 11 is 0. The van der Waals surface area contributed by atoms with Gasteiger partial charge in [-0.3, -0.25) is 0 Å². The van der Waals surface area contributed by atoms with Gasteiger partial charge in [0.05, 0.1) is 20.3 Å². The fraction of sp³-hybridized carbons (Fsp3) is 0.500. The van der Waals surface area contributed by atoms with Crippen molar-refractivity contribution in [2.45, 2.75) is 6.10 Å². The number of rotatable bonds is 3. The summed E-state index contributed by atoms with van der Waals surface area (Å²) in [4.78, 5) is 0. The van der Waals surface area contributed by atoms with Crippen molar-refractivity contribution in [2.24, 2.45) is 0 Å². The lowest BCUT2D eigenvalue weighted by Gasteiger charge is -2.16. The highest BCUT2D eigenvalue weighted by atomic mass is 16.5. The minimum absolute atomic E-state index is 0.0795. The number of hydrogen-bond donors (Lipinski definition) is 1. The topological polar surface area (TPSA) is 39.7 Å². The van der Waals surface area contributed by atoms with Crippen molar-refractivity contribution in [1.29, 1.82) is 0 Å². The van der Waals surface area contributed by atoms with Gasteiger partial charge in [0.25, 0.3) is 0 Å². The summed E-state index contributed by atoms with van der Waals surface area (Å²) in [6.45, 7) is 3.11. The van der Waals surface area contributed by atoms with Crippen LogP contribution < -0.4 is 14.8 Å². The van der Waals surface area contributed by atoms with Gasteiger partial charge >= 0.3 is 0 Å². The Bertz CT molecular complexity index is 305. The molecule has 0 unspecified atom stereocenters. The summed E-state index contributed by atoms with van der Waals surface area (Å²) in [7, 11) is 1.65. The molecule has 4 nitrogen and oxygen atoms in total. The first kappa shape index (κ1) is 11.2. The van der Waals surface area contributed by atoms with Gasteiger partial charge in [-0.2, -0.15) is 0 Å². The molecule has 0 aromatic heterocycles. The molecule has 2 rings (SSSR count). The van der Waals surface area contributed by atoms with E-state index in [9.17, 15) is 0 Å². The van der Waals surface area contributed by atoms with Gasteiger partial charge in [0.1, 0.15) is 17.6 Å². The highest BCUT2D eigenvalue weighted by Gasteiger charge is 2.13. The third-order valence-corrected chi connectivity index (χ3v) is 2.46. The Balaban J connectivity index is 1.91. The lowest BCUT2D eigenvalue weighted by Crippen LogP contribution is -2.31. The molecular formula is C12H17NO3. The lowest BCUT2D eigenvalue weighted by molar-refractivity contribution is 0.0728. The van der Waals surface area contributed by atoms with E-state index in [1.165, 1.54) is 0 Å². The van der Waals surface area contributed by atoms with Gasteiger partial charge in [-0.15, -0.1) is 0 Å². The van der Waals surface area contributed by atoms with E-state index in [1.807, 2.05) is 24.3 Å². The van der Waals surface area contributed by atoms with Crippen LogP contribution in [0.4, 0.5) is 0 Å². The highest BCUT2D eigenvalue weighted by Crippen LogP contribution is 2.18. The molecular weight excluding hydrogens is 206 g/mol. The quantitative estimate of drug-likeness (QED) is 0.832. The van der Waals surface area contributed by atoms with E-state index in [4.69, 9.17) is 14.2 Å². The lowest BCUT2D eigenvalue weighted by atomic mass is 10.3. The van der Waals surface area contributed by atoms with E-state index in [1.54, 1.807) is 7.11 Å². The fourth-order valence-corrected chi connectivity index (χ4v) is 1.60. The van der Waals surface area contributed by atoms with Crippen molar-refractivity contribution < 1.29 is 14.2 Å². The summed E-state index contributed by atoms with van der Waals surface area (Å²) in [5, 5.41) is 3.27. The first-order chi connectivity index (χ1) is 7.88. The maximum absolute atomic E-state index is 5.79. The predicted octanol–water partition coefficient (Wildman–Crippen LogP) is 1.06. The van der Waals surface area contributed by atoms with Crippen molar-refractivity contribution in [3.05, 3.63) is 24.3 Å². The molecule has 1 atom stereocenters. The molecule has 0 saturated carbocycles. The van der Waals surface area contributed by atoms with E-state index in [2.05, 4.69) is 5.32 Å². The van der Waals surface area contributed by atoms with Crippen LogP contribution in [0.3, 0.4) is 0 Å². The van der Waals surface area contributed by atoms with Gasteiger partial charge in [0.2, 0.25) is 0 Å². The highest BCUT2D eigenvalue weighted by molar-refractivity contribution is 5.31. The molecule has 1 aliphatic heterocycles. The minimum Gasteiger partial charge on any atom is -0.497 e. The molecule has 4 heteroatoms. The normalized spacial score (nSPS) is 21.2. The monoisotopic (exact) mass is 223 g/mol. The summed E-state index contributed by atoms with van der Waals surface area (Å²) in [5.41, 5.74) is 0. The van der Waals surface area contributed by atoms with Crippen molar-refractivity contribution in [3.63, 3.8) is 0 Å². The SMILES string of the molecule is COc1ccc(O[C@@H]2CNCCOC2)cc1. The Morgan fingerprint density at radius 3 is 2.75 bits per heavy atom. The molecule has 1 aliphatic rings. The number of nitrogens with one attached hydrogen (secondary N) is 1. The molecule has 1 saturated heterocycles. The average Bonchev–Trinajstić information content (AvgIpc) is 2.59. The zero-order chi connectivity index (χ0) is 11.2. The van der Waals surface area contributed by atoms with E-state index in [0.29, 0.717) is 6.61 Å². The summed E-state index contributed by atoms with van der Waals surface area (Å²) in [6, 6.07) is 7.59. The second kappa shape index (κ2) is 5.72. The largest absolute Gasteiger partial charge is 0.497 e. The smallest absolute Gasteiger partial charge is 0.134 e. The molecule has 0 radical (unpaired) electrons. The Morgan fingerprint density at radius 1 is 1.25 bits per heavy atom. The molecule has 16 heavy (non-hydrogen) atoms. The minimum atomic E-state index is 0.0795. The second-order valence-electron chi connectivity index (χ2n) is 3.69. The average molecular weight is 223 g/mol. The molecule has 1 fully saturated rings. The van der Waals surface area contributed by atoms with Crippen LogP contribution in [-0.2, 0) is 4.74 Å². The number of methoxy groups -OCH3 is 1. The van der Waals surface area contributed by atoms with Crippen molar-refractivity contribution in [3.8, 4) is 11.5 Å². The number of ether oxygens (including phenoxy) is 3. The Morgan fingerprint density at radius 2 is 2.00 bits per heavy atom. The predicted molar refractivity (Wildman–Crippen MR) is 61.1 cm³/mol. The van der Waals surface area contributed by atoms with Crippen LogP contribution in [0.2, 0.25) is 0 Å². The van der Waals surface area contributed by atoms with Gasteiger partial charge in [0, 0.05) is 13.1 Å². The first-order valence-electron chi connectivity index (χ1n) is 5.47. The van der Waals surface area contributed by atoms with Crippen LogP contribution in [0, 0.1) is 0 Å². The molecule has 1 aromatic rings. The maximum Gasteiger partial charge on any atom is 0.134 e. The van der Waals surface area contributed by atoms with Gasteiger partial charge in [-0.05, 0) is 24.3 Å². The Labute approximate surface area is 95.5 Å². The van der Waals surface area contributed by atoms with Gasteiger partial charge < -0.3 is 19.5 Å². The molecule has 0 spiro atoms. The molecule has 1 N–H and O–H groups in total. The summed E-state index contributed by atoms with van der Waals surface area (Å²) in [6.07, 6.45) is 0.0795. The van der Waals surface area contributed by atoms with Crippen molar-refractivity contribution >= 4 is 0 Å². The standard InChI is InChI=1S/C12H17NO3/c1-14-10-2-4-11(5-3-10)16-12-8-13-6-7-15-9-12/h2-5,12-13H,6-9H2,1H3/t12-/m1/s1. The summed E-state index contributed by atoms with van der Waals surface area (Å²) < 4.78 is 16.3. The van der Waals surface area contributed by atoms with Crippen LogP contribution in [0.5, 0.6) is 11.5 Å². The van der Waals surface area contributed by atoms with E-state index in [0.717, 1.165) is 31.2 Å². The second-order valence-corrected chi connectivity index (χ2v) is 3.69. The van der Waals surface area contributed by atoms with Crippen LogP contribution in [0.15, 0.2) is 24.3 Å². The Hall–Kier alpha value is -1.26. The molecule has 1 heterocycles. The molecule has 0 amide bonds. The molecule has 1 aromatic carbocycles. The fourth-order valence-electron chi connectivity index (χ4n) is 1.60. The third-order valence-electron chi connectivity index (χ3n) is 2.46. The van der Waals surface area contributed by atoms with E-state index >= 15 is 0 Å². The van der Waals surface area contributed by atoms with Gasteiger partial charge in [0.15, 0.2) is 0 Å². The molecule has 0 bridgehead atoms. The zero-order valence-electron chi connectivity index (χ0n) is 9.44. The third kappa shape index (κ3) is 3.12. The summed E-state index contributed by atoms with van der Waals surface area (Å²) in [5.74, 6) is 1.68. The van der Waals surface area contributed by atoms with Gasteiger partial charge in [-0.1, -0.05) is 0 Å². The van der Waals surface area contributed by atoms with Crippen LogP contribution in [0.25, 0.3) is 0 Å². The van der Waals surface area contributed by atoms with Crippen molar-refractivity contribution in [1.82, 2.24) is 5.32 Å². The van der Waals surface area contributed by atoms with Crippen LogP contribution in [-0.4, -0.2) is 39.5 Å². The van der Waals surface area contributed by atoms with E-state index < -0.39 is 0 Å². The van der Waals surface area contributed by atoms with Gasteiger partial charge in [-0.25, -0.2) is 0 Å². The van der Waals surface area contributed by atoms with Crippen molar-refractivity contribution in [2.75, 3.05) is 33.4 Å². The zero-order valence-corrected chi connectivity index (χ0v) is 9.44. The molecule has 0 aliphatic carbocycles. The van der Waals surface area contributed by atoms with E-state index in [-0.39, 0.29) is 6.10 Å². The Kier molecular flexibility index (Phi) is 4.02. The number of hydrogen-bond acceptors (Lipinski definition) is 4. The van der Waals surface area contributed by atoms with Crippen LogP contribution in [0.1, 0.15) is 0 Å². The maximum atomic E-state index is 5.79. The first-order valence-corrected chi connectivity index (χ1v) is 5.47.